The lowest BCUT2D eigenvalue weighted by atomic mass is 10.5. The molecule has 11 heavy (non-hydrogen) atoms. The van der Waals surface area contributed by atoms with Crippen molar-refractivity contribution in [2.45, 2.75) is 6.92 Å². The number of anilines is 2. The van der Waals surface area contributed by atoms with Crippen molar-refractivity contribution in [2.24, 2.45) is 0 Å². The summed E-state index contributed by atoms with van der Waals surface area (Å²) < 4.78 is 5.03. The first-order chi connectivity index (χ1) is 5.24. The molecule has 0 fully saturated rings. The van der Waals surface area contributed by atoms with Gasteiger partial charge in [0.2, 0.25) is 11.8 Å². The molecule has 4 N–H and O–H groups in total. The fraction of sp³-hybridized carbons (Fsp3) is 0.333. The van der Waals surface area contributed by atoms with Crippen molar-refractivity contribution in [3.63, 3.8) is 0 Å². The van der Waals surface area contributed by atoms with E-state index in [-0.39, 0.29) is 11.6 Å². The van der Waals surface area contributed by atoms with Gasteiger partial charge in [0.1, 0.15) is 11.9 Å². The number of ether oxygens (including phenoxy) is 1. The molecule has 5 nitrogen and oxygen atoms in total. The zero-order valence-corrected chi connectivity index (χ0v) is 6.16. The smallest absolute Gasteiger partial charge is 0.242 e. The third-order valence-electron chi connectivity index (χ3n) is 1.02. The standard InChI is InChI=1S/C6H9N4O/c1-2-11-5-4(7)3-9-6(8)10-5/h2,7H2,1H3,(H2,8,9,10). The van der Waals surface area contributed by atoms with Crippen LogP contribution in [0.3, 0.4) is 0 Å². The maximum atomic E-state index is 5.41. The van der Waals surface area contributed by atoms with Gasteiger partial charge in [-0.15, -0.1) is 0 Å². The lowest BCUT2D eigenvalue weighted by molar-refractivity contribution is 0.328. The van der Waals surface area contributed by atoms with Gasteiger partial charge < -0.3 is 16.2 Å². The minimum absolute atomic E-state index is 0.114. The van der Waals surface area contributed by atoms with E-state index in [0.29, 0.717) is 12.5 Å². The molecule has 0 spiro atoms. The molecular formula is C6H9N4O. The van der Waals surface area contributed by atoms with Crippen LogP contribution in [0.25, 0.3) is 0 Å². The van der Waals surface area contributed by atoms with Crippen molar-refractivity contribution >= 4 is 11.6 Å². The molecule has 0 aliphatic carbocycles. The van der Waals surface area contributed by atoms with E-state index < -0.39 is 0 Å². The molecule has 0 saturated carbocycles. The van der Waals surface area contributed by atoms with Gasteiger partial charge in [0.15, 0.2) is 0 Å². The fourth-order valence-corrected chi connectivity index (χ4v) is 0.601. The second-order valence-electron chi connectivity index (χ2n) is 1.85. The van der Waals surface area contributed by atoms with Crippen LogP contribution in [0.1, 0.15) is 6.92 Å². The average molecular weight is 153 g/mol. The predicted octanol–water partition coefficient (Wildman–Crippen LogP) is -0.160. The van der Waals surface area contributed by atoms with Gasteiger partial charge >= 0.3 is 0 Å². The highest BCUT2D eigenvalue weighted by molar-refractivity contribution is 5.46. The van der Waals surface area contributed by atoms with Crippen LogP contribution < -0.4 is 16.2 Å². The second-order valence-corrected chi connectivity index (χ2v) is 1.85. The molecule has 59 valence electrons. The Bertz CT molecular complexity index is 250. The monoisotopic (exact) mass is 153 g/mol. The summed E-state index contributed by atoms with van der Waals surface area (Å²) in [5, 5.41) is 0. The molecule has 0 aliphatic heterocycles. The van der Waals surface area contributed by atoms with Crippen LogP contribution in [0.5, 0.6) is 5.88 Å². The van der Waals surface area contributed by atoms with Gasteiger partial charge in [-0.1, -0.05) is 0 Å². The lowest BCUT2D eigenvalue weighted by Gasteiger charge is -2.03. The molecule has 0 amide bonds. The summed E-state index contributed by atoms with van der Waals surface area (Å²) in [5.74, 6) is 0.405. The molecule has 1 aromatic rings. The zero-order chi connectivity index (χ0) is 8.27. The molecule has 5 heteroatoms. The maximum absolute atomic E-state index is 5.41. The first-order valence-electron chi connectivity index (χ1n) is 3.17. The molecule has 1 rings (SSSR count). The Balaban J connectivity index is 2.93. The van der Waals surface area contributed by atoms with Crippen molar-refractivity contribution in [1.29, 1.82) is 0 Å². The van der Waals surface area contributed by atoms with E-state index in [2.05, 4.69) is 16.2 Å². The number of rotatable bonds is 2. The fourth-order valence-electron chi connectivity index (χ4n) is 0.601. The van der Waals surface area contributed by atoms with Crippen LogP contribution in [0.4, 0.5) is 11.6 Å². The Morgan fingerprint density at radius 1 is 1.55 bits per heavy atom. The molecule has 0 bridgehead atoms. The van der Waals surface area contributed by atoms with E-state index in [1.807, 2.05) is 6.92 Å². The molecule has 0 unspecified atom stereocenters. The number of hydrogen-bond donors (Lipinski definition) is 2. The van der Waals surface area contributed by atoms with E-state index in [0.717, 1.165) is 0 Å². The van der Waals surface area contributed by atoms with E-state index in [1.165, 1.54) is 0 Å². The van der Waals surface area contributed by atoms with Gasteiger partial charge in [0.05, 0.1) is 6.61 Å². The van der Waals surface area contributed by atoms with E-state index in [9.17, 15) is 0 Å². The average Bonchev–Trinajstić information content (AvgIpc) is 1.98. The third kappa shape index (κ3) is 1.70. The van der Waals surface area contributed by atoms with Crippen LogP contribution >= 0.6 is 0 Å². The first-order valence-corrected chi connectivity index (χ1v) is 3.17. The minimum atomic E-state index is 0.114. The van der Waals surface area contributed by atoms with Gasteiger partial charge in [-0.05, 0) is 6.92 Å². The highest BCUT2D eigenvalue weighted by Crippen LogP contribution is 2.15. The van der Waals surface area contributed by atoms with Gasteiger partial charge in [0, 0.05) is 0 Å². The predicted molar refractivity (Wildman–Crippen MR) is 40.9 cm³/mol. The van der Waals surface area contributed by atoms with Crippen LogP contribution in [0.15, 0.2) is 0 Å². The molecule has 1 radical (unpaired) electrons. The zero-order valence-electron chi connectivity index (χ0n) is 6.16. The summed E-state index contributed by atoms with van der Waals surface area (Å²) in [5.41, 5.74) is 11.0. The largest absolute Gasteiger partial charge is 0.476 e. The van der Waals surface area contributed by atoms with Crippen LogP contribution in [0, 0.1) is 6.20 Å². The molecule has 1 aromatic heterocycles. The second kappa shape index (κ2) is 3.05. The summed E-state index contributed by atoms with van der Waals surface area (Å²) in [6, 6.07) is 0. The minimum Gasteiger partial charge on any atom is -0.476 e. The maximum Gasteiger partial charge on any atom is 0.242 e. The van der Waals surface area contributed by atoms with E-state index in [1.54, 1.807) is 0 Å². The van der Waals surface area contributed by atoms with Crippen molar-refractivity contribution in [3.8, 4) is 5.88 Å². The summed E-state index contributed by atoms with van der Waals surface area (Å²) in [6.07, 6.45) is 2.47. The Labute approximate surface area is 64.4 Å². The van der Waals surface area contributed by atoms with Crippen molar-refractivity contribution in [3.05, 3.63) is 6.20 Å². The number of aromatic nitrogens is 2. The highest BCUT2D eigenvalue weighted by atomic mass is 16.5. The lowest BCUT2D eigenvalue weighted by Crippen LogP contribution is -2.03. The summed E-state index contributed by atoms with van der Waals surface area (Å²) in [6.45, 7) is 2.33. The van der Waals surface area contributed by atoms with Gasteiger partial charge in [-0.3, -0.25) is 0 Å². The van der Waals surface area contributed by atoms with Gasteiger partial charge in [0.25, 0.3) is 0 Å². The Morgan fingerprint density at radius 3 is 2.91 bits per heavy atom. The molecule has 0 aromatic carbocycles. The first kappa shape index (κ1) is 7.59. The highest BCUT2D eigenvalue weighted by Gasteiger charge is 2.02. The van der Waals surface area contributed by atoms with E-state index >= 15 is 0 Å². The molecule has 0 saturated heterocycles. The number of nitrogens with two attached hydrogens (primary N) is 2. The van der Waals surface area contributed by atoms with Crippen LogP contribution in [-0.2, 0) is 0 Å². The number of nitrogen functional groups attached to an aromatic ring is 2. The summed E-state index contributed by atoms with van der Waals surface area (Å²) in [7, 11) is 0. The van der Waals surface area contributed by atoms with Crippen molar-refractivity contribution < 1.29 is 4.74 Å². The molecule has 1 heterocycles. The number of hydrogen-bond acceptors (Lipinski definition) is 5. The third-order valence-corrected chi connectivity index (χ3v) is 1.02. The van der Waals surface area contributed by atoms with Gasteiger partial charge in [-0.25, -0.2) is 4.98 Å². The summed E-state index contributed by atoms with van der Waals surface area (Å²) in [4.78, 5) is 7.31. The molecule has 0 aliphatic rings. The quantitative estimate of drug-likeness (QED) is 0.616. The summed E-state index contributed by atoms with van der Waals surface area (Å²) >= 11 is 0. The Kier molecular flexibility index (Phi) is 2.10. The van der Waals surface area contributed by atoms with Gasteiger partial charge in [-0.2, -0.15) is 4.98 Å². The van der Waals surface area contributed by atoms with Crippen molar-refractivity contribution in [1.82, 2.24) is 9.97 Å². The number of nitrogens with zero attached hydrogens (tertiary/aromatic N) is 2. The Morgan fingerprint density at radius 2 is 2.27 bits per heavy atom. The van der Waals surface area contributed by atoms with Crippen LogP contribution in [0.2, 0.25) is 0 Å². The Hall–Kier alpha value is -1.52. The van der Waals surface area contributed by atoms with Crippen molar-refractivity contribution in [2.75, 3.05) is 18.1 Å². The van der Waals surface area contributed by atoms with Crippen LogP contribution in [-0.4, -0.2) is 16.6 Å². The molecule has 0 atom stereocenters. The molecular weight excluding hydrogens is 144 g/mol. The topological polar surface area (TPSA) is 87.0 Å². The van der Waals surface area contributed by atoms with E-state index in [4.69, 9.17) is 16.2 Å². The SMILES string of the molecule is CCOc1nc(N)n[c]c1N. The normalized spacial score (nSPS) is 9.55.